The Bertz CT molecular complexity index is 1170. The van der Waals surface area contributed by atoms with Gasteiger partial charge >= 0.3 is 0 Å². The van der Waals surface area contributed by atoms with Crippen LogP contribution in [-0.2, 0) is 16.1 Å². The molecule has 0 spiro atoms. The van der Waals surface area contributed by atoms with Crippen LogP contribution in [0.25, 0.3) is 17.0 Å². The zero-order chi connectivity index (χ0) is 19.8. The van der Waals surface area contributed by atoms with E-state index in [4.69, 9.17) is 12.2 Å². The van der Waals surface area contributed by atoms with E-state index >= 15 is 0 Å². The second-order valence-corrected chi connectivity index (χ2v) is 6.68. The van der Waals surface area contributed by atoms with Gasteiger partial charge in [-0.25, -0.2) is 9.29 Å². The van der Waals surface area contributed by atoms with Gasteiger partial charge < -0.3 is 4.57 Å². The summed E-state index contributed by atoms with van der Waals surface area (Å²) in [5.41, 5.74) is 1.63. The first-order valence-corrected chi connectivity index (χ1v) is 9.16. The Morgan fingerprint density at radius 1 is 1.11 bits per heavy atom. The van der Waals surface area contributed by atoms with E-state index in [9.17, 15) is 14.0 Å². The van der Waals surface area contributed by atoms with Crippen molar-refractivity contribution in [1.29, 1.82) is 0 Å². The van der Waals surface area contributed by atoms with Crippen LogP contribution in [0.5, 0.6) is 0 Å². The molecule has 1 N–H and O–H groups in total. The van der Waals surface area contributed by atoms with Crippen molar-refractivity contribution in [3.05, 3.63) is 71.7 Å². The van der Waals surface area contributed by atoms with Crippen LogP contribution in [0.15, 0.2) is 60.3 Å². The maximum atomic E-state index is 14.2. The third kappa shape index (κ3) is 2.90. The Balaban J connectivity index is 1.83. The van der Waals surface area contributed by atoms with E-state index < -0.39 is 17.6 Å². The normalized spacial score (nSPS) is 16.1. The number of anilines is 1. The number of hydrogen-bond donors (Lipinski definition) is 1. The second kappa shape index (κ2) is 7.01. The van der Waals surface area contributed by atoms with Crippen LogP contribution >= 0.6 is 12.2 Å². The molecule has 0 saturated carbocycles. The van der Waals surface area contributed by atoms with Gasteiger partial charge in [0.1, 0.15) is 11.4 Å². The molecule has 2 amide bonds. The Morgan fingerprint density at radius 3 is 2.57 bits per heavy atom. The first-order valence-electron chi connectivity index (χ1n) is 8.75. The molecule has 2 heterocycles. The molecule has 140 valence electrons. The van der Waals surface area contributed by atoms with Crippen molar-refractivity contribution in [2.24, 2.45) is 0 Å². The van der Waals surface area contributed by atoms with Crippen molar-refractivity contribution < 1.29 is 14.0 Å². The number of aromatic nitrogens is 1. The second-order valence-electron chi connectivity index (χ2n) is 6.30. The maximum absolute atomic E-state index is 14.2. The number of para-hydroxylation sites is 2. The highest BCUT2D eigenvalue weighted by atomic mass is 32.1. The van der Waals surface area contributed by atoms with Gasteiger partial charge in [-0.15, -0.1) is 0 Å². The molecule has 2 aromatic carbocycles. The molecule has 1 aliphatic rings. The van der Waals surface area contributed by atoms with Gasteiger partial charge in [0, 0.05) is 29.2 Å². The first kappa shape index (κ1) is 18.1. The lowest BCUT2D eigenvalue weighted by Gasteiger charge is -2.29. The molecule has 1 aromatic heterocycles. The summed E-state index contributed by atoms with van der Waals surface area (Å²) >= 11 is 5.12. The molecule has 0 bridgehead atoms. The number of aryl methyl sites for hydroxylation is 1. The number of carbonyl (C=O) groups excluding carboxylic acids is 2. The van der Waals surface area contributed by atoms with Crippen LogP contribution in [0.3, 0.4) is 0 Å². The number of benzene rings is 2. The van der Waals surface area contributed by atoms with E-state index in [1.165, 1.54) is 24.3 Å². The lowest BCUT2D eigenvalue weighted by Crippen LogP contribution is -2.54. The summed E-state index contributed by atoms with van der Waals surface area (Å²) in [6.45, 7) is 2.76. The first-order chi connectivity index (χ1) is 13.5. The van der Waals surface area contributed by atoms with Gasteiger partial charge in [0.15, 0.2) is 5.11 Å². The van der Waals surface area contributed by atoms with Crippen molar-refractivity contribution in [3.63, 3.8) is 0 Å². The third-order valence-corrected chi connectivity index (χ3v) is 4.94. The average Bonchev–Trinajstić information content (AvgIpc) is 3.04. The van der Waals surface area contributed by atoms with Gasteiger partial charge in [-0.1, -0.05) is 30.3 Å². The van der Waals surface area contributed by atoms with E-state index in [2.05, 4.69) is 5.32 Å². The fourth-order valence-electron chi connectivity index (χ4n) is 3.32. The van der Waals surface area contributed by atoms with E-state index in [0.717, 1.165) is 27.9 Å². The van der Waals surface area contributed by atoms with Crippen LogP contribution < -0.4 is 10.2 Å². The van der Waals surface area contributed by atoms with Crippen molar-refractivity contribution in [1.82, 2.24) is 9.88 Å². The summed E-state index contributed by atoms with van der Waals surface area (Å²) < 4.78 is 16.3. The van der Waals surface area contributed by atoms with E-state index in [1.54, 1.807) is 6.07 Å². The Hall–Kier alpha value is -3.32. The SMILES string of the molecule is CCn1cc(/C=C2\C(=O)NC(=S)N(c3ccccc3F)C2=O)c2ccccc21. The number of amides is 2. The molecule has 0 radical (unpaired) electrons. The fourth-order valence-corrected chi connectivity index (χ4v) is 3.59. The Kier molecular flexibility index (Phi) is 4.52. The predicted octanol–water partition coefficient (Wildman–Crippen LogP) is 3.63. The van der Waals surface area contributed by atoms with E-state index in [0.29, 0.717) is 0 Å². The number of rotatable bonds is 3. The molecule has 4 rings (SSSR count). The molecule has 3 aromatic rings. The van der Waals surface area contributed by atoms with Crippen LogP contribution in [0, 0.1) is 5.82 Å². The minimum atomic E-state index is -0.660. The molecule has 0 aliphatic carbocycles. The average molecular weight is 393 g/mol. The smallest absolute Gasteiger partial charge is 0.270 e. The maximum Gasteiger partial charge on any atom is 0.270 e. The highest BCUT2D eigenvalue weighted by Crippen LogP contribution is 2.27. The minimum Gasteiger partial charge on any atom is -0.347 e. The monoisotopic (exact) mass is 393 g/mol. The molecule has 28 heavy (non-hydrogen) atoms. The molecule has 5 nitrogen and oxygen atoms in total. The van der Waals surface area contributed by atoms with Gasteiger partial charge in [0.05, 0.1) is 5.69 Å². The van der Waals surface area contributed by atoms with Crippen molar-refractivity contribution >= 4 is 51.8 Å². The number of halogens is 1. The number of carbonyl (C=O) groups is 2. The molecule has 0 atom stereocenters. The molecule has 7 heteroatoms. The van der Waals surface area contributed by atoms with Crippen molar-refractivity contribution in [3.8, 4) is 0 Å². The standard InChI is InChI=1S/C21H16FN3O2S/c1-2-24-12-13(14-7-3-5-9-17(14)24)11-15-19(26)23-21(28)25(20(15)27)18-10-6-4-8-16(18)22/h3-12H,2H2,1H3,(H,23,26,28)/b15-11+. The summed E-state index contributed by atoms with van der Waals surface area (Å²) in [5.74, 6) is -1.86. The third-order valence-electron chi connectivity index (χ3n) is 4.65. The predicted molar refractivity (Wildman–Crippen MR) is 110 cm³/mol. The molecular weight excluding hydrogens is 377 g/mol. The number of nitrogens with one attached hydrogen (secondary N) is 1. The highest BCUT2D eigenvalue weighted by molar-refractivity contribution is 7.80. The van der Waals surface area contributed by atoms with Crippen LogP contribution in [0.4, 0.5) is 10.1 Å². The van der Waals surface area contributed by atoms with Gasteiger partial charge in [-0.05, 0) is 43.4 Å². The lowest BCUT2D eigenvalue weighted by molar-refractivity contribution is -0.122. The summed E-state index contributed by atoms with van der Waals surface area (Å²) in [6, 6.07) is 13.5. The fraction of sp³-hybridized carbons (Fsp3) is 0.0952. The Morgan fingerprint density at radius 2 is 1.82 bits per heavy atom. The van der Waals surface area contributed by atoms with Gasteiger partial charge in [0.25, 0.3) is 11.8 Å². The number of thiocarbonyl (C=S) groups is 1. The summed E-state index contributed by atoms with van der Waals surface area (Å²) in [6.07, 6.45) is 3.42. The van der Waals surface area contributed by atoms with Crippen LogP contribution in [0.1, 0.15) is 12.5 Å². The highest BCUT2D eigenvalue weighted by Gasteiger charge is 2.35. The van der Waals surface area contributed by atoms with Crippen LogP contribution in [0.2, 0.25) is 0 Å². The Labute approximate surface area is 166 Å². The van der Waals surface area contributed by atoms with Gasteiger partial charge in [-0.2, -0.15) is 0 Å². The molecule has 0 unspecified atom stereocenters. The summed E-state index contributed by atoms with van der Waals surface area (Å²) in [7, 11) is 0. The number of nitrogens with zero attached hydrogens (tertiary/aromatic N) is 2. The van der Waals surface area contributed by atoms with Crippen molar-refractivity contribution in [2.45, 2.75) is 13.5 Å². The molecular formula is C21H16FN3O2S. The van der Waals surface area contributed by atoms with Crippen LogP contribution in [-0.4, -0.2) is 21.5 Å². The number of hydrogen-bond acceptors (Lipinski definition) is 3. The topological polar surface area (TPSA) is 54.3 Å². The molecule has 1 saturated heterocycles. The number of fused-ring (bicyclic) bond motifs is 1. The molecule has 1 aliphatic heterocycles. The van der Waals surface area contributed by atoms with E-state index in [1.807, 2.05) is 42.0 Å². The zero-order valence-corrected chi connectivity index (χ0v) is 15.8. The quantitative estimate of drug-likeness (QED) is 0.420. The minimum absolute atomic E-state index is 0.000568. The van der Waals surface area contributed by atoms with Gasteiger partial charge in [-0.3, -0.25) is 14.9 Å². The van der Waals surface area contributed by atoms with Crippen molar-refractivity contribution in [2.75, 3.05) is 4.90 Å². The summed E-state index contributed by atoms with van der Waals surface area (Å²) in [4.78, 5) is 26.5. The lowest BCUT2D eigenvalue weighted by atomic mass is 10.1. The van der Waals surface area contributed by atoms with Gasteiger partial charge in [0.2, 0.25) is 0 Å². The summed E-state index contributed by atoms with van der Waals surface area (Å²) in [5, 5.41) is 3.25. The van der Waals surface area contributed by atoms with E-state index in [-0.39, 0.29) is 16.4 Å². The zero-order valence-electron chi connectivity index (χ0n) is 15.0. The largest absolute Gasteiger partial charge is 0.347 e. The molecule has 1 fully saturated rings.